The van der Waals surface area contributed by atoms with E-state index in [1.54, 1.807) is 12.4 Å². The van der Waals surface area contributed by atoms with E-state index in [9.17, 15) is 4.79 Å². The highest BCUT2D eigenvalue weighted by molar-refractivity contribution is 5.80. The van der Waals surface area contributed by atoms with Gasteiger partial charge in [-0.3, -0.25) is 4.79 Å². The topological polar surface area (TPSA) is 66.6 Å². The zero-order chi connectivity index (χ0) is 11.5. The minimum atomic E-state index is -0.0796. The number of carbonyl (C=O) groups is 1. The summed E-state index contributed by atoms with van der Waals surface area (Å²) in [6.07, 6.45) is 5.10. The SMILES string of the molecule is Cc1ncc(C2CC(=O)CCC2C#N)cn1. The molecule has 16 heavy (non-hydrogen) atoms. The van der Waals surface area contributed by atoms with Gasteiger partial charge in [0.15, 0.2) is 0 Å². The summed E-state index contributed by atoms with van der Waals surface area (Å²) in [5.74, 6) is 0.840. The monoisotopic (exact) mass is 215 g/mol. The lowest BCUT2D eigenvalue weighted by molar-refractivity contribution is -0.121. The van der Waals surface area contributed by atoms with E-state index < -0.39 is 0 Å². The highest BCUT2D eigenvalue weighted by Crippen LogP contribution is 2.35. The van der Waals surface area contributed by atoms with Gasteiger partial charge in [0.05, 0.1) is 12.0 Å². The molecule has 1 aromatic rings. The van der Waals surface area contributed by atoms with Gasteiger partial charge >= 0.3 is 0 Å². The number of nitriles is 1. The molecule has 1 saturated carbocycles. The number of aryl methyl sites for hydroxylation is 1. The summed E-state index contributed by atoms with van der Waals surface area (Å²) < 4.78 is 0. The normalized spacial score (nSPS) is 25.1. The Morgan fingerprint density at radius 3 is 2.75 bits per heavy atom. The predicted octanol–water partition coefficient (Wildman–Crippen LogP) is 1.76. The lowest BCUT2D eigenvalue weighted by Gasteiger charge is -2.25. The van der Waals surface area contributed by atoms with E-state index in [0.717, 1.165) is 5.56 Å². The molecule has 82 valence electrons. The van der Waals surface area contributed by atoms with Crippen molar-refractivity contribution < 1.29 is 4.79 Å². The first-order valence-corrected chi connectivity index (χ1v) is 5.40. The van der Waals surface area contributed by atoms with E-state index >= 15 is 0 Å². The van der Waals surface area contributed by atoms with Crippen molar-refractivity contribution in [2.75, 3.05) is 0 Å². The van der Waals surface area contributed by atoms with Crippen molar-refractivity contribution in [3.63, 3.8) is 0 Å². The van der Waals surface area contributed by atoms with Crippen LogP contribution in [0.4, 0.5) is 0 Å². The summed E-state index contributed by atoms with van der Waals surface area (Å²) in [6, 6.07) is 2.28. The van der Waals surface area contributed by atoms with E-state index in [4.69, 9.17) is 5.26 Å². The van der Waals surface area contributed by atoms with Gasteiger partial charge in [-0.2, -0.15) is 5.26 Å². The van der Waals surface area contributed by atoms with Gasteiger partial charge in [0.1, 0.15) is 11.6 Å². The maximum atomic E-state index is 11.4. The van der Waals surface area contributed by atoms with Crippen molar-refractivity contribution in [3.8, 4) is 6.07 Å². The molecule has 0 N–H and O–H groups in total. The average molecular weight is 215 g/mol. The van der Waals surface area contributed by atoms with Crippen LogP contribution in [0.25, 0.3) is 0 Å². The minimum absolute atomic E-state index is 0.0214. The molecule has 0 aromatic carbocycles. The molecule has 4 heteroatoms. The Morgan fingerprint density at radius 1 is 1.44 bits per heavy atom. The van der Waals surface area contributed by atoms with Gasteiger partial charge in [-0.25, -0.2) is 9.97 Å². The Bertz CT molecular complexity index is 433. The smallest absolute Gasteiger partial charge is 0.133 e. The third-order valence-electron chi connectivity index (χ3n) is 3.06. The van der Waals surface area contributed by atoms with Crippen molar-refractivity contribution in [3.05, 3.63) is 23.8 Å². The fourth-order valence-electron chi connectivity index (χ4n) is 2.11. The molecule has 1 aromatic heterocycles. The summed E-state index contributed by atoms with van der Waals surface area (Å²) in [5, 5.41) is 9.06. The number of Topliss-reactive ketones (excluding diaryl/α,β-unsaturated/α-hetero) is 1. The van der Waals surface area contributed by atoms with Gasteiger partial charge in [0.25, 0.3) is 0 Å². The van der Waals surface area contributed by atoms with E-state index in [1.165, 1.54) is 0 Å². The first kappa shape index (κ1) is 10.7. The molecule has 0 bridgehead atoms. The molecule has 0 radical (unpaired) electrons. The van der Waals surface area contributed by atoms with Crippen molar-refractivity contribution in [2.24, 2.45) is 5.92 Å². The third kappa shape index (κ3) is 2.08. The maximum absolute atomic E-state index is 11.4. The molecule has 2 rings (SSSR count). The number of ketones is 1. The minimum Gasteiger partial charge on any atom is -0.300 e. The summed E-state index contributed by atoms with van der Waals surface area (Å²) in [4.78, 5) is 19.7. The summed E-state index contributed by atoms with van der Waals surface area (Å²) in [6.45, 7) is 1.82. The van der Waals surface area contributed by atoms with Crippen LogP contribution in [0.2, 0.25) is 0 Å². The lowest BCUT2D eigenvalue weighted by atomic mass is 9.76. The molecule has 1 heterocycles. The van der Waals surface area contributed by atoms with Gasteiger partial charge in [0, 0.05) is 31.2 Å². The standard InChI is InChI=1S/C12H13N3O/c1-8-14-6-10(7-15-8)12-4-11(16)3-2-9(12)5-13/h6-7,9,12H,2-4H2,1H3. The number of carbonyl (C=O) groups excluding carboxylic acids is 1. The number of aromatic nitrogens is 2. The van der Waals surface area contributed by atoms with Crippen molar-refractivity contribution in [1.82, 2.24) is 9.97 Å². The first-order chi connectivity index (χ1) is 7.70. The number of hydrogen-bond acceptors (Lipinski definition) is 4. The average Bonchev–Trinajstić information content (AvgIpc) is 2.30. The second kappa shape index (κ2) is 4.40. The largest absolute Gasteiger partial charge is 0.300 e. The Kier molecular flexibility index (Phi) is 2.95. The Hall–Kier alpha value is -1.76. The Balaban J connectivity index is 2.26. The van der Waals surface area contributed by atoms with Gasteiger partial charge in [-0.15, -0.1) is 0 Å². The summed E-state index contributed by atoms with van der Waals surface area (Å²) in [7, 11) is 0. The molecule has 0 saturated heterocycles. The third-order valence-corrected chi connectivity index (χ3v) is 3.06. The molecule has 0 amide bonds. The number of rotatable bonds is 1. The molecule has 1 fully saturated rings. The first-order valence-electron chi connectivity index (χ1n) is 5.40. The molecule has 2 unspecified atom stereocenters. The molecule has 2 atom stereocenters. The van der Waals surface area contributed by atoms with Gasteiger partial charge in [-0.05, 0) is 18.9 Å². The molecule has 4 nitrogen and oxygen atoms in total. The van der Waals surface area contributed by atoms with Crippen LogP contribution in [-0.2, 0) is 4.79 Å². The van der Waals surface area contributed by atoms with Crippen LogP contribution in [0.15, 0.2) is 12.4 Å². The van der Waals surface area contributed by atoms with Gasteiger partial charge in [0.2, 0.25) is 0 Å². The van der Waals surface area contributed by atoms with Crippen LogP contribution in [0.3, 0.4) is 0 Å². The molecule has 1 aliphatic rings. The second-order valence-electron chi connectivity index (χ2n) is 4.19. The van der Waals surface area contributed by atoms with Crippen LogP contribution in [0, 0.1) is 24.2 Å². The van der Waals surface area contributed by atoms with Gasteiger partial charge in [-0.1, -0.05) is 0 Å². The van der Waals surface area contributed by atoms with Crippen LogP contribution < -0.4 is 0 Å². The maximum Gasteiger partial charge on any atom is 0.133 e. The van der Waals surface area contributed by atoms with Crippen LogP contribution >= 0.6 is 0 Å². The van der Waals surface area contributed by atoms with Crippen molar-refractivity contribution >= 4 is 5.78 Å². The van der Waals surface area contributed by atoms with E-state index in [2.05, 4.69) is 16.0 Å². The van der Waals surface area contributed by atoms with E-state index in [0.29, 0.717) is 25.1 Å². The Labute approximate surface area is 94.3 Å². The molecule has 0 aliphatic heterocycles. The highest BCUT2D eigenvalue weighted by Gasteiger charge is 2.30. The van der Waals surface area contributed by atoms with Gasteiger partial charge < -0.3 is 0 Å². The number of nitrogens with zero attached hydrogens (tertiary/aromatic N) is 3. The lowest BCUT2D eigenvalue weighted by Crippen LogP contribution is -2.22. The van der Waals surface area contributed by atoms with E-state index in [1.807, 2.05) is 6.92 Å². The zero-order valence-corrected chi connectivity index (χ0v) is 9.18. The summed E-state index contributed by atoms with van der Waals surface area (Å²) >= 11 is 0. The number of hydrogen-bond donors (Lipinski definition) is 0. The van der Waals surface area contributed by atoms with Crippen LogP contribution in [0.1, 0.15) is 36.6 Å². The Morgan fingerprint density at radius 2 is 2.12 bits per heavy atom. The zero-order valence-electron chi connectivity index (χ0n) is 9.18. The molecule has 1 aliphatic carbocycles. The predicted molar refractivity (Wildman–Crippen MR) is 57.5 cm³/mol. The quantitative estimate of drug-likeness (QED) is 0.716. The van der Waals surface area contributed by atoms with Crippen LogP contribution in [-0.4, -0.2) is 15.8 Å². The van der Waals surface area contributed by atoms with Crippen molar-refractivity contribution in [2.45, 2.75) is 32.1 Å². The van der Waals surface area contributed by atoms with Crippen molar-refractivity contribution in [1.29, 1.82) is 5.26 Å². The second-order valence-corrected chi connectivity index (χ2v) is 4.19. The van der Waals surface area contributed by atoms with Crippen LogP contribution in [0.5, 0.6) is 0 Å². The molecular weight excluding hydrogens is 202 g/mol. The summed E-state index contributed by atoms with van der Waals surface area (Å²) in [5.41, 5.74) is 0.908. The fraction of sp³-hybridized carbons (Fsp3) is 0.500. The molecular formula is C12H13N3O. The highest BCUT2D eigenvalue weighted by atomic mass is 16.1. The fourth-order valence-corrected chi connectivity index (χ4v) is 2.11. The van der Waals surface area contributed by atoms with E-state index in [-0.39, 0.29) is 17.6 Å². The molecule has 0 spiro atoms.